The van der Waals surface area contributed by atoms with Crippen molar-refractivity contribution in [3.05, 3.63) is 170 Å². The van der Waals surface area contributed by atoms with Gasteiger partial charge in [-0.2, -0.15) is 9.97 Å². The fourth-order valence-corrected chi connectivity index (χ4v) is 8.35. The summed E-state index contributed by atoms with van der Waals surface area (Å²) in [6.07, 6.45) is 1.25. The smallest absolute Gasteiger partial charge is 0.238 e. The van der Waals surface area contributed by atoms with Crippen molar-refractivity contribution >= 4 is 76.5 Å². The normalized spacial score (nSPS) is 11.7. The van der Waals surface area contributed by atoms with Gasteiger partial charge in [-0.25, -0.2) is 4.98 Å². The van der Waals surface area contributed by atoms with Crippen molar-refractivity contribution in [3.63, 3.8) is 0 Å². The molecule has 0 N–H and O–H groups in total. The van der Waals surface area contributed by atoms with E-state index < -0.39 is 0 Å². The Kier molecular flexibility index (Phi) is 7.89. The Bertz CT molecular complexity index is 3520. The monoisotopic (exact) mass is 748 g/mol. The Morgan fingerprint density at radius 2 is 1.05 bits per heavy atom. The summed E-state index contributed by atoms with van der Waals surface area (Å²) in [6.45, 7) is 4.25. The maximum absolute atomic E-state index is 6.54. The molecule has 0 aliphatic carbocycles. The van der Waals surface area contributed by atoms with Crippen LogP contribution in [0.4, 0.5) is 0 Å². The topological polar surface area (TPSA) is 69.9 Å². The van der Waals surface area contributed by atoms with Crippen LogP contribution in [0.5, 0.6) is 0 Å². The van der Waals surface area contributed by atoms with Crippen molar-refractivity contribution in [2.75, 3.05) is 0 Å². The molecule has 6 heteroatoms. The third-order valence-electron chi connectivity index (χ3n) is 10.9. The van der Waals surface area contributed by atoms with Gasteiger partial charge in [0.15, 0.2) is 11.6 Å². The van der Waals surface area contributed by atoms with Crippen molar-refractivity contribution in [3.8, 4) is 39.9 Å². The highest BCUT2D eigenvalue weighted by atomic mass is 16.3. The van der Waals surface area contributed by atoms with E-state index in [1.54, 1.807) is 0 Å². The van der Waals surface area contributed by atoms with E-state index in [1.807, 2.05) is 54.6 Å². The van der Waals surface area contributed by atoms with Gasteiger partial charge in [0.05, 0.1) is 11.0 Å². The molecule has 0 amide bonds. The zero-order valence-electron chi connectivity index (χ0n) is 32.0. The number of fused-ring (bicyclic) bond motifs is 11. The molecule has 12 aromatic rings. The van der Waals surface area contributed by atoms with Gasteiger partial charge < -0.3 is 8.83 Å². The molecule has 0 saturated carbocycles. The molecule has 0 radical (unpaired) electrons. The lowest BCUT2D eigenvalue weighted by Gasteiger charge is -2.13. The highest BCUT2D eigenvalue weighted by molar-refractivity contribution is 6.20. The molecule has 4 heterocycles. The summed E-state index contributed by atoms with van der Waals surface area (Å²) < 4.78 is 15.0. The number of nitrogens with zero attached hydrogens (tertiary/aromatic N) is 4. The number of aromatic nitrogens is 4. The number of rotatable bonds is 4. The van der Waals surface area contributed by atoms with Gasteiger partial charge >= 0.3 is 0 Å². The van der Waals surface area contributed by atoms with Crippen molar-refractivity contribution in [2.45, 2.75) is 20.3 Å². The molecule has 8 aromatic carbocycles. The van der Waals surface area contributed by atoms with Crippen LogP contribution in [0, 0.1) is 0 Å². The molecule has 0 saturated heterocycles. The first-order chi connectivity index (χ1) is 28.7. The average Bonchev–Trinajstić information content (AvgIpc) is 3.96. The molecule has 12 rings (SSSR count). The number of hydrogen-bond donors (Lipinski definition) is 0. The van der Waals surface area contributed by atoms with Gasteiger partial charge in [0.1, 0.15) is 22.3 Å². The zero-order chi connectivity index (χ0) is 38.7. The van der Waals surface area contributed by atoms with E-state index in [0.717, 1.165) is 87.9 Å². The van der Waals surface area contributed by atoms with Crippen LogP contribution in [0.3, 0.4) is 0 Å². The predicted molar refractivity (Wildman–Crippen MR) is 239 cm³/mol. The third-order valence-corrected chi connectivity index (χ3v) is 10.9. The van der Waals surface area contributed by atoms with Crippen LogP contribution >= 0.6 is 0 Å². The molecule has 0 unspecified atom stereocenters. The quantitative estimate of drug-likeness (QED) is 0.179. The summed E-state index contributed by atoms with van der Waals surface area (Å²) in [5.41, 5.74) is 9.21. The van der Waals surface area contributed by atoms with Crippen LogP contribution in [-0.2, 0) is 0 Å². The van der Waals surface area contributed by atoms with Crippen LogP contribution in [0.1, 0.15) is 20.3 Å². The Morgan fingerprint density at radius 3 is 1.91 bits per heavy atom. The Hall–Kier alpha value is -7.57. The zero-order valence-corrected chi connectivity index (χ0v) is 32.0. The second-order valence-corrected chi connectivity index (χ2v) is 14.7. The van der Waals surface area contributed by atoms with Gasteiger partial charge in [-0.05, 0) is 58.8 Å². The standard InChI is InChI=1S/C49H28N4O2.C3H8/c1-2-12-30(13-3-1)47-50-48(32-22-24-37-36-16-7-9-20-41(36)54-43(37)28-32)52-49(51-47)53-40-19-8-6-15-35(40)38-18-10-17-34(46(38)53)31-21-25-39-44(27-31)55-42-26-23-29-11-4-5-14-33(29)45(39)42;1-3-2/h1-28H;3H2,1-2H3. The van der Waals surface area contributed by atoms with Crippen LogP contribution in [0.15, 0.2) is 179 Å². The molecule has 0 bridgehead atoms. The molecule has 0 fully saturated rings. The number of benzene rings is 8. The fourth-order valence-electron chi connectivity index (χ4n) is 8.35. The van der Waals surface area contributed by atoms with E-state index in [1.165, 1.54) is 17.2 Å². The third kappa shape index (κ3) is 5.37. The van der Waals surface area contributed by atoms with Crippen LogP contribution in [0.25, 0.3) is 116 Å². The van der Waals surface area contributed by atoms with E-state index in [0.29, 0.717) is 17.6 Å². The molecule has 276 valence electrons. The molecule has 4 aromatic heterocycles. The molecular weight excluding hydrogens is 713 g/mol. The Morgan fingerprint density at radius 1 is 0.431 bits per heavy atom. The number of furan rings is 2. The highest BCUT2D eigenvalue weighted by Crippen LogP contribution is 2.41. The van der Waals surface area contributed by atoms with E-state index in [9.17, 15) is 0 Å². The lowest BCUT2D eigenvalue weighted by Crippen LogP contribution is -2.07. The van der Waals surface area contributed by atoms with Gasteiger partial charge in [-0.1, -0.05) is 148 Å². The summed E-state index contributed by atoms with van der Waals surface area (Å²) in [6, 6.07) is 58.6. The molecule has 0 spiro atoms. The van der Waals surface area contributed by atoms with E-state index >= 15 is 0 Å². The summed E-state index contributed by atoms with van der Waals surface area (Å²) >= 11 is 0. The molecule has 6 nitrogen and oxygen atoms in total. The van der Waals surface area contributed by atoms with Gasteiger partial charge in [-0.3, -0.25) is 4.57 Å². The second-order valence-electron chi connectivity index (χ2n) is 14.7. The summed E-state index contributed by atoms with van der Waals surface area (Å²) in [7, 11) is 0. The van der Waals surface area contributed by atoms with Crippen LogP contribution < -0.4 is 0 Å². The van der Waals surface area contributed by atoms with Crippen molar-refractivity contribution in [2.24, 2.45) is 0 Å². The van der Waals surface area contributed by atoms with E-state index in [-0.39, 0.29) is 0 Å². The van der Waals surface area contributed by atoms with Gasteiger partial charge in [0, 0.05) is 49.0 Å². The lowest BCUT2D eigenvalue weighted by molar-refractivity contribution is 0.668. The van der Waals surface area contributed by atoms with Crippen molar-refractivity contribution < 1.29 is 8.83 Å². The summed E-state index contributed by atoms with van der Waals surface area (Å²) in [4.78, 5) is 15.5. The number of hydrogen-bond acceptors (Lipinski definition) is 5. The molecule has 0 aliphatic heterocycles. The number of para-hydroxylation sites is 3. The maximum atomic E-state index is 6.54. The fraction of sp³-hybridized carbons (Fsp3) is 0.0577. The first-order valence-corrected chi connectivity index (χ1v) is 19.8. The lowest BCUT2D eigenvalue weighted by atomic mass is 9.99. The summed E-state index contributed by atoms with van der Waals surface area (Å²) in [5, 5.41) is 8.97. The SMILES string of the molecule is CCC.c1ccc(-c2nc(-c3ccc4c(c3)oc3ccccc34)nc(-n3c4ccccc4c4cccc(-c5ccc6c(c5)oc5ccc7ccccc7c56)c43)n2)cc1. The molecule has 0 atom stereocenters. The minimum Gasteiger partial charge on any atom is -0.456 e. The first-order valence-electron chi connectivity index (χ1n) is 19.8. The van der Waals surface area contributed by atoms with Crippen LogP contribution in [0.2, 0.25) is 0 Å². The second kappa shape index (κ2) is 13.6. The van der Waals surface area contributed by atoms with E-state index in [4.69, 9.17) is 23.8 Å². The van der Waals surface area contributed by atoms with Crippen molar-refractivity contribution in [1.29, 1.82) is 0 Å². The van der Waals surface area contributed by atoms with Gasteiger partial charge in [-0.15, -0.1) is 0 Å². The summed E-state index contributed by atoms with van der Waals surface area (Å²) in [5.74, 6) is 1.68. The molecular formula is C52H36N4O2. The van der Waals surface area contributed by atoms with E-state index in [2.05, 4.69) is 134 Å². The minimum absolute atomic E-state index is 0.531. The molecule has 0 aliphatic rings. The Balaban J connectivity index is 0.00000125. The van der Waals surface area contributed by atoms with Gasteiger partial charge in [0.2, 0.25) is 5.95 Å². The molecule has 58 heavy (non-hydrogen) atoms. The van der Waals surface area contributed by atoms with Crippen LogP contribution in [-0.4, -0.2) is 19.5 Å². The maximum Gasteiger partial charge on any atom is 0.238 e. The highest BCUT2D eigenvalue weighted by Gasteiger charge is 2.22. The Labute approximate surface area is 333 Å². The minimum atomic E-state index is 0.531. The van der Waals surface area contributed by atoms with Crippen molar-refractivity contribution in [1.82, 2.24) is 19.5 Å². The first kappa shape index (κ1) is 33.7. The largest absolute Gasteiger partial charge is 0.456 e. The van der Waals surface area contributed by atoms with Gasteiger partial charge in [0.25, 0.3) is 0 Å². The average molecular weight is 749 g/mol. The predicted octanol–water partition coefficient (Wildman–Crippen LogP) is 14.3.